The SMILES string of the molecule is Fc1cc2ccc1-c1ccc(cc1)-c1ccc(cc1)-c1ccc(cc1)-c1ccc(cc1)-c1ccc(cc1)-c1ccc(cc1)-c1ccc(cc1)-c1ccc(cc1)-c1ccc-2cc1. The third kappa shape index (κ3) is 7.17. The summed E-state index contributed by atoms with van der Waals surface area (Å²) in [6, 6.07) is 83.6. The zero-order valence-corrected chi connectivity index (χ0v) is 33.4. The number of hydrogen-bond donors (Lipinski definition) is 0. The summed E-state index contributed by atoms with van der Waals surface area (Å²) in [5, 5.41) is 0. The molecule has 0 unspecified atom stereocenters. The Morgan fingerprint density at radius 3 is 0.443 bits per heavy atom. The first-order valence-corrected chi connectivity index (χ1v) is 20.8. The van der Waals surface area contributed by atoms with Gasteiger partial charge in [0, 0.05) is 5.56 Å². The van der Waals surface area contributed by atoms with Gasteiger partial charge in [-0.3, -0.25) is 0 Å². The van der Waals surface area contributed by atoms with E-state index < -0.39 is 0 Å². The van der Waals surface area contributed by atoms with Crippen molar-refractivity contribution < 1.29 is 4.39 Å². The van der Waals surface area contributed by atoms with Gasteiger partial charge < -0.3 is 0 Å². The number of hydrogen-bond acceptors (Lipinski definition) is 0. The van der Waals surface area contributed by atoms with Gasteiger partial charge in [-0.1, -0.05) is 231 Å². The molecule has 0 aromatic heterocycles. The molecule has 0 N–H and O–H groups in total. The highest BCUT2D eigenvalue weighted by molar-refractivity contribution is 5.80. The third-order valence-corrected chi connectivity index (χ3v) is 12.2. The molecule has 10 aromatic carbocycles. The molecule has 286 valence electrons. The summed E-state index contributed by atoms with van der Waals surface area (Å²) in [6.07, 6.45) is 0. The Labute approximate surface area is 356 Å². The van der Waals surface area contributed by atoms with Crippen LogP contribution in [0.25, 0.3) is 111 Å². The van der Waals surface area contributed by atoms with Gasteiger partial charge in [-0.2, -0.15) is 0 Å². The first kappa shape index (κ1) is 36.2. The van der Waals surface area contributed by atoms with Crippen LogP contribution in [0.3, 0.4) is 0 Å². The minimum absolute atomic E-state index is 0.233. The molecule has 0 radical (unpaired) electrons. The number of benzene rings is 10. The van der Waals surface area contributed by atoms with Crippen molar-refractivity contribution in [3.63, 3.8) is 0 Å². The van der Waals surface area contributed by atoms with Crippen LogP contribution in [0.2, 0.25) is 0 Å². The monoisotopic (exact) mass is 778 g/mol. The van der Waals surface area contributed by atoms with Crippen molar-refractivity contribution in [1.29, 1.82) is 0 Å². The fourth-order valence-electron chi connectivity index (χ4n) is 8.61. The van der Waals surface area contributed by atoms with Gasteiger partial charge in [0.05, 0.1) is 0 Å². The van der Waals surface area contributed by atoms with E-state index in [0.717, 1.165) is 44.5 Å². The molecular formula is C60H39F. The van der Waals surface area contributed by atoms with Crippen LogP contribution in [0.15, 0.2) is 237 Å². The predicted octanol–water partition coefficient (Wildman–Crippen LogP) is 16.8. The van der Waals surface area contributed by atoms with Crippen LogP contribution in [-0.4, -0.2) is 0 Å². The van der Waals surface area contributed by atoms with Gasteiger partial charge >= 0.3 is 0 Å². The molecule has 10 aromatic rings. The first-order chi connectivity index (χ1) is 30.1. The van der Waals surface area contributed by atoms with E-state index in [2.05, 4.69) is 206 Å². The van der Waals surface area contributed by atoms with Crippen LogP contribution in [-0.2, 0) is 0 Å². The normalized spacial score (nSPS) is 11.4. The Morgan fingerprint density at radius 2 is 0.279 bits per heavy atom. The van der Waals surface area contributed by atoms with E-state index >= 15 is 4.39 Å². The van der Waals surface area contributed by atoms with Crippen molar-refractivity contribution in [2.24, 2.45) is 0 Å². The maximum Gasteiger partial charge on any atom is 0.131 e. The van der Waals surface area contributed by atoms with Gasteiger partial charge in [-0.15, -0.1) is 0 Å². The molecule has 28 aliphatic rings. The molecule has 0 atom stereocenters. The molecule has 61 heavy (non-hydrogen) atoms. The second kappa shape index (κ2) is 15.4. The molecule has 0 heterocycles. The Balaban J connectivity index is 0.913. The average Bonchev–Trinajstić information content (AvgIpc) is 3.34. The quantitative estimate of drug-likeness (QED) is 0.144. The fraction of sp³-hybridized carbons (Fsp3) is 0. The molecule has 0 spiro atoms. The molecule has 28 aliphatic carbocycles. The number of rotatable bonds is 0. The highest BCUT2D eigenvalue weighted by atomic mass is 19.1. The summed E-state index contributed by atoms with van der Waals surface area (Å²) >= 11 is 0. The van der Waals surface area contributed by atoms with Crippen LogP contribution in [0.4, 0.5) is 4.39 Å². The molecule has 0 amide bonds. The van der Waals surface area contributed by atoms with E-state index in [4.69, 9.17) is 0 Å². The Bertz CT molecular complexity index is 3120. The first-order valence-electron chi connectivity index (χ1n) is 20.8. The van der Waals surface area contributed by atoms with E-state index in [1.54, 1.807) is 6.07 Å². The van der Waals surface area contributed by atoms with E-state index in [0.29, 0.717) is 5.56 Å². The summed E-state index contributed by atoms with van der Waals surface area (Å²) in [7, 11) is 0. The summed E-state index contributed by atoms with van der Waals surface area (Å²) in [5.41, 5.74) is 22.0. The van der Waals surface area contributed by atoms with Gasteiger partial charge in [0.2, 0.25) is 0 Å². The fourth-order valence-corrected chi connectivity index (χ4v) is 8.61. The van der Waals surface area contributed by atoms with Gasteiger partial charge in [-0.05, 0) is 112 Å². The van der Waals surface area contributed by atoms with Crippen LogP contribution in [0, 0.1) is 5.82 Å². The second-order valence-corrected chi connectivity index (χ2v) is 15.9. The molecule has 0 aliphatic heterocycles. The molecule has 0 nitrogen and oxygen atoms in total. The lowest BCUT2D eigenvalue weighted by atomic mass is 9.94. The molecule has 0 saturated heterocycles. The van der Waals surface area contributed by atoms with Gasteiger partial charge in [-0.25, -0.2) is 4.39 Å². The van der Waals surface area contributed by atoms with Crippen molar-refractivity contribution in [1.82, 2.24) is 0 Å². The summed E-state index contributed by atoms with van der Waals surface area (Å²) in [6.45, 7) is 0. The van der Waals surface area contributed by atoms with Crippen molar-refractivity contribution in [3.8, 4) is 111 Å². The highest BCUT2D eigenvalue weighted by Gasteiger charge is 2.11. The van der Waals surface area contributed by atoms with E-state index in [-0.39, 0.29) is 5.82 Å². The lowest BCUT2D eigenvalue weighted by Crippen LogP contribution is -1.88. The Hall–Kier alpha value is -7.87. The largest absolute Gasteiger partial charge is 0.206 e. The molecule has 1 heteroatoms. The van der Waals surface area contributed by atoms with Crippen molar-refractivity contribution in [3.05, 3.63) is 242 Å². The van der Waals surface area contributed by atoms with Crippen LogP contribution >= 0.6 is 0 Å². The maximum atomic E-state index is 15.7. The van der Waals surface area contributed by atoms with E-state index in [1.165, 1.54) is 61.2 Å². The van der Waals surface area contributed by atoms with Crippen molar-refractivity contribution >= 4 is 0 Å². The van der Waals surface area contributed by atoms with Crippen molar-refractivity contribution in [2.45, 2.75) is 0 Å². The minimum atomic E-state index is -0.233. The van der Waals surface area contributed by atoms with Crippen LogP contribution in [0.1, 0.15) is 0 Å². The maximum absolute atomic E-state index is 15.7. The second-order valence-electron chi connectivity index (χ2n) is 15.9. The Morgan fingerprint density at radius 1 is 0.148 bits per heavy atom. The third-order valence-electron chi connectivity index (χ3n) is 12.2. The highest BCUT2D eigenvalue weighted by Crippen LogP contribution is 2.35. The molecule has 0 fully saturated rings. The predicted molar refractivity (Wildman–Crippen MR) is 254 cm³/mol. The van der Waals surface area contributed by atoms with E-state index in [9.17, 15) is 0 Å². The minimum Gasteiger partial charge on any atom is -0.206 e. The lowest BCUT2D eigenvalue weighted by molar-refractivity contribution is 0.632. The zero-order valence-electron chi connectivity index (χ0n) is 33.4. The zero-order chi connectivity index (χ0) is 40.7. The number of halogens is 1. The lowest BCUT2D eigenvalue weighted by Gasteiger charge is -2.10. The molecule has 38 rings (SSSR count). The van der Waals surface area contributed by atoms with Crippen LogP contribution < -0.4 is 0 Å². The van der Waals surface area contributed by atoms with Gasteiger partial charge in [0.1, 0.15) is 5.82 Å². The van der Waals surface area contributed by atoms with Crippen LogP contribution in [0.5, 0.6) is 0 Å². The molecule has 20 bridgehead atoms. The average molecular weight is 779 g/mol. The van der Waals surface area contributed by atoms with Gasteiger partial charge in [0.15, 0.2) is 0 Å². The molecular weight excluding hydrogens is 740 g/mol. The molecule has 0 saturated carbocycles. The topological polar surface area (TPSA) is 0 Å². The Kier molecular flexibility index (Phi) is 9.13. The standard InChI is InChI=1S/C60H39F/c61-60-39-58-37-38-59(60)57-35-33-55(34-36-57)53-27-25-51(26-28-53)49-19-17-47(18-20-49)45-11-9-43(10-12-45)41-3-1-40(2-4-41)42-5-7-44(8-6-42)46-13-15-48(16-14-46)50-21-23-52(24-22-50)54-29-31-56(58)32-30-54/h1-39H. The van der Waals surface area contributed by atoms with E-state index in [1.807, 2.05) is 24.3 Å². The summed E-state index contributed by atoms with van der Waals surface area (Å²) < 4.78 is 15.7. The smallest absolute Gasteiger partial charge is 0.131 e. The van der Waals surface area contributed by atoms with Gasteiger partial charge in [0.25, 0.3) is 0 Å². The summed E-state index contributed by atoms with van der Waals surface area (Å²) in [5.74, 6) is -0.233. The summed E-state index contributed by atoms with van der Waals surface area (Å²) in [4.78, 5) is 0. The van der Waals surface area contributed by atoms with Crippen molar-refractivity contribution in [2.75, 3.05) is 0 Å².